The molecular weight excluding hydrogens is 328 g/mol. The third kappa shape index (κ3) is 4.37. The summed E-state index contributed by atoms with van der Waals surface area (Å²) in [7, 11) is -0.363. The summed E-state index contributed by atoms with van der Waals surface area (Å²) in [4.78, 5) is 3.25. The number of aromatic hydroxyl groups is 1. The molecule has 0 unspecified atom stereocenters. The fourth-order valence-electron chi connectivity index (χ4n) is 2.59. The van der Waals surface area contributed by atoms with Crippen molar-refractivity contribution in [2.45, 2.75) is 41.1 Å². The highest BCUT2D eigenvalue weighted by Crippen LogP contribution is 2.38. The highest BCUT2D eigenvalue weighted by molar-refractivity contribution is 7.97. The van der Waals surface area contributed by atoms with E-state index in [2.05, 4.69) is 24.3 Å². The molecule has 0 aliphatic carbocycles. The zero-order valence-electron chi connectivity index (χ0n) is 14.8. The maximum absolute atomic E-state index is 10.7. The molecule has 0 atom stereocenters. The number of benzene rings is 3. The maximum atomic E-state index is 10.7. The molecule has 0 aliphatic rings. The third-order valence-electron chi connectivity index (χ3n) is 3.53. The van der Waals surface area contributed by atoms with Gasteiger partial charge in [0, 0.05) is 12.1 Å². The van der Waals surface area contributed by atoms with E-state index in [0.29, 0.717) is 5.75 Å². The molecule has 1 N–H and O–H groups in total. The molecule has 128 valence electrons. The van der Waals surface area contributed by atoms with Gasteiger partial charge in [0.25, 0.3) is 0 Å². The van der Waals surface area contributed by atoms with E-state index in [1.807, 2.05) is 69.3 Å². The predicted octanol–water partition coefficient (Wildman–Crippen LogP) is 5.66. The minimum Gasteiger partial charge on any atom is -0.503 e. The predicted molar refractivity (Wildman–Crippen MR) is 104 cm³/mol. The summed E-state index contributed by atoms with van der Waals surface area (Å²) in [6, 6.07) is 26.2. The molecule has 25 heavy (non-hydrogen) atoms. The van der Waals surface area contributed by atoms with Gasteiger partial charge in [-0.3, -0.25) is 0 Å². The molecule has 3 heteroatoms. The van der Waals surface area contributed by atoms with Crippen LogP contribution in [0.3, 0.4) is 0 Å². The smallest absolute Gasteiger partial charge is 0.208 e. The number of phenolic OH excluding ortho intramolecular Hbond substituents is 1. The summed E-state index contributed by atoms with van der Waals surface area (Å²) >= 11 is 0. The first-order valence-electron chi connectivity index (χ1n) is 8.30. The van der Waals surface area contributed by atoms with Crippen molar-refractivity contribution >= 4 is 10.9 Å². The molecule has 0 aromatic heterocycles. The van der Waals surface area contributed by atoms with Crippen molar-refractivity contribution in [2.75, 3.05) is 0 Å². The van der Waals surface area contributed by atoms with Crippen LogP contribution in [-0.2, 0) is 10.9 Å². The average molecular weight is 351 g/mol. The SMILES string of the molecule is CC(C)(C)Oc1ccc([S+](c2ccccc2)c2ccccc2)c(O)c1. The monoisotopic (exact) mass is 351 g/mol. The Hall–Kier alpha value is -2.39. The van der Waals surface area contributed by atoms with E-state index in [1.165, 1.54) is 9.79 Å². The quantitative estimate of drug-likeness (QED) is 0.614. The zero-order valence-corrected chi connectivity index (χ0v) is 15.6. The van der Waals surface area contributed by atoms with E-state index in [4.69, 9.17) is 4.74 Å². The number of phenols is 1. The summed E-state index contributed by atoms with van der Waals surface area (Å²) < 4.78 is 5.87. The summed E-state index contributed by atoms with van der Waals surface area (Å²) in [5.41, 5.74) is -0.297. The van der Waals surface area contributed by atoms with Crippen LogP contribution < -0.4 is 4.74 Å². The van der Waals surface area contributed by atoms with Crippen molar-refractivity contribution in [1.82, 2.24) is 0 Å². The summed E-state index contributed by atoms with van der Waals surface area (Å²) in [5, 5.41) is 10.7. The van der Waals surface area contributed by atoms with Gasteiger partial charge in [-0.05, 0) is 51.1 Å². The molecule has 0 radical (unpaired) electrons. The Morgan fingerprint density at radius 2 is 1.28 bits per heavy atom. The molecule has 0 saturated carbocycles. The standard InChI is InChI=1S/C22H22O2S/c1-22(2,3)24-17-14-15-21(20(23)16-17)25(18-10-6-4-7-11-18)19-12-8-5-9-13-19/h4-16H,1-3H3/p+1. The van der Waals surface area contributed by atoms with Gasteiger partial charge in [-0.2, -0.15) is 0 Å². The Morgan fingerprint density at radius 1 is 0.760 bits per heavy atom. The van der Waals surface area contributed by atoms with Gasteiger partial charge in [0.2, 0.25) is 4.90 Å². The van der Waals surface area contributed by atoms with Crippen molar-refractivity contribution in [3.8, 4) is 11.5 Å². The molecule has 0 bridgehead atoms. The third-order valence-corrected chi connectivity index (χ3v) is 5.80. The first-order valence-corrected chi connectivity index (χ1v) is 9.53. The van der Waals surface area contributed by atoms with Gasteiger partial charge in [0.15, 0.2) is 15.5 Å². The summed E-state index contributed by atoms with van der Waals surface area (Å²) in [5.74, 6) is 0.941. The van der Waals surface area contributed by atoms with Crippen LogP contribution in [0.25, 0.3) is 0 Å². The molecule has 0 saturated heterocycles. The molecule has 0 aliphatic heterocycles. The van der Waals surface area contributed by atoms with E-state index >= 15 is 0 Å². The second-order valence-electron chi connectivity index (χ2n) is 6.78. The lowest BCUT2D eigenvalue weighted by molar-refractivity contribution is 0.130. The van der Waals surface area contributed by atoms with Gasteiger partial charge in [-0.25, -0.2) is 0 Å². The van der Waals surface area contributed by atoms with E-state index in [1.54, 1.807) is 6.07 Å². The van der Waals surface area contributed by atoms with E-state index in [-0.39, 0.29) is 22.2 Å². The summed E-state index contributed by atoms with van der Waals surface area (Å²) in [6.45, 7) is 5.99. The summed E-state index contributed by atoms with van der Waals surface area (Å²) in [6.07, 6.45) is 0. The second kappa shape index (κ2) is 7.24. The lowest BCUT2D eigenvalue weighted by Gasteiger charge is -2.21. The van der Waals surface area contributed by atoms with Crippen LogP contribution in [0.15, 0.2) is 93.5 Å². The zero-order chi connectivity index (χ0) is 17.9. The molecule has 2 nitrogen and oxygen atoms in total. The first kappa shape index (κ1) is 17.4. The Morgan fingerprint density at radius 3 is 1.72 bits per heavy atom. The van der Waals surface area contributed by atoms with Gasteiger partial charge in [0.05, 0.1) is 0 Å². The number of hydrogen-bond acceptors (Lipinski definition) is 2. The minimum absolute atomic E-state index is 0.262. The minimum atomic E-state index is -0.363. The Labute approximate surface area is 152 Å². The molecule has 0 heterocycles. The molecular formula is C22H23O2S+. The van der Waals surface area contributed by atoms with Gasteiger partial charge in [-0.15, -0.1) is 0 Å². The van der Waals surface area contributed by atoms with Gasteiger partial charge >= 0.3 is 0 Å². The van der Waals surface area contributed by atoms with E-state index < -0.39 is 0 Å². The maximum Gasteiger partial charge on any atom is 0.208 e. The molecule has 0 spiro atoms. The Balaban J connectivity index is 2.05. The first-order chi connectivity index (χ1) is 11.9. The lowest BCUT2D eigenvalue weighted by atomic mass is 10.2. The number of ether oxygens (including phenoxy) is 1. The van der Waals surface area contributed by atoms with Crippen molar-refractivity contribution in [2.24, 2.45) is 0 Å². The Kier molecular flexibility index (Phi) is 5.05. The number of hydrogen-bond donors (Lipinski definition) is 1. The molecule has 3 aromatic rings. The van der Waals surface area contributed by atoms with Gasteiger partial charge in [0.1, 0.15) is 22.2 Å². The molecule has 3 rings (SSSR count). The number of rotatable bonds is 4. The van der Waals surface area contributed by atoms with Crippen LogP contribution in [0.1, 0.15) is 20.8 Å². The molecule has 0 amide bonds. The average Bonchev–Trinajstić information content (AvgIpc) is 2.58. The van der Waals surface area contributed by atoms with Crippen LogP contribution >= 0.6 is 0 Å². The van der Waals surface area contributed by atoms with Crippen molar-refractivity contribution in [3.05, 3.63) is 78.9 Å². The molecule has 3 aromatic carbocycles. The van der Waals surface area contributed by atoms with E-state index in [9.17, 15) is 5.11 Å². The van der Waals surface area contributed by atoms with Crippen LogP contribution in [0.2, 0.25) is 0 Å². The van der Waals surface area contributed by atoms with E-state index in [0.717, 1.165) is 4.90 Å². The van der Waals surface area contributed by atoms with Gasteiger partial charge in [-0.1, -0.05) is 36.4 Å². The van der Waals surface area contributed by atoms with Crippen molar-refractivity contribution < 1.29 is 9.84 Å². The topological polar surface area (TPSA) is 29.5 Å². The second-order valence-corrected chi connectivity index (χ2v) is 8.77. The van der Waals surface area contributed by atoms with Crippen LogP contribution in [0.5, 0.6) is 11.5 Å². The van der Waals surface area contributed by atoms with Crippen LogP contribution in [-0.4, -0.2) is 10.7 Å². The normalized spacial score (nSPS) is 11.5. The van der Waals surface area contributed by atoms with Crippen LogP contribution in [0.4, 0.5) is 0 Å². The largest absolute Gasteiger partial charge is 0.503 e. The highest BCUT2D eigenvalue weighted by atomic mass is 32.2. The Bertz CT molecular complexity index is 784. The van der Waals surface area contributed by atoms with Crippen LogP contribution in [0, 0.1) is 0 Å². The van der Waals surface area contributed by atoms with Crippen molar-refractivity contribution in [1.29, 1.82) is 0 Å². The highest BCUT2D eigenvalue weighted by Gasteiger charge is 2.31. The van der Waals surface area contributed by atoms with Gasteiger partial charge < -0.3 is 9.84 Å². The fourth-order valence-corrected chi connectivity index (χ4v) is 4.70. The molecule has 0 fully saturated rings. The lowest BCUT2D eigenvalue weighted by Crippen LogP contribution is -2.22. The fraction of sp³-hybridized carbons (Fsp3) is 0.182. The van der Waals surface area contributed by atoms with Crippen molar-refractivity contribution in [3.63, 3.8) is 0 Å².